The quantitative estimate of drug-likeness (QED) is 0.770. The molecule has 0 aromatic carbocycles. The molecule has 1 fully saturated rings. The molecule has 0 spiro atoms. The van der Waals surface area contributed by atoms with E-state index in [4.69, 9.17) is 5.73 Å². The molecule has 2 rings (SSSR count). The molecule has 0 aromatic rings. The van der Waals surface area contributed by atoms with Crippen LogP contribution in [-0.2, 0) is 0 Å². The smallest absolute Gasteiger partial charge is 0.192 e. The second-order valence-corrected chi connectivity index (χ2v) is 6.41. The van der Waals surface area contributed by atoms with Gasteiger partial charge in [-0.05, 0) is 25.7 Å². The lowest BCUT2D eigenvalue weighted by atomic mass is 9.85. The van der Waals surface area contributed by atoms with Gasteiger partial charge < -0.3 is 10.6 Å². The third-order valence-electron chi connectivity index (χ3n) is 4.91. The topological polar surface area (TPSA) is 41.6 Å². The summed E-state index contributed by atoms with van der Waals surface area (Å²) in [7, 11) is 0. The Morgan fingerprint density at radius 1 is 1.11 bits per heavy atom. The van der Waals surface area contributed by atoms with Crippen molar-refractivity contribution in [3.05, 3.63) is 0 Å². The molecule has 3 heteroatoms. The Hall–Kier alpha value is -0.730. The van der Waals surface area contributed by atoms with Crippen LogP contribution in [-0.4, -0.2) is 29.0 Å². The van der Waals surface area contributed by atoms with E-state index < -0.39 is 0 Å². The summed E-state index contributed by atoms with van der Waals surface area (Å²) in [4.78, 5) is 7.18. The molecule has 2 aliphatic rings. The molecule has 1 aliphatic carbocycles. The standard InChI is InChI=1S/C16H31N3/c1-3-11-16(12-4-2)13-18-15(17)19(16)14-9-7-5-6-8-10-14/h14H,3-13H2,1-2H3,(H2,17,18). The molecule has 1 aliphatic heterocycles. The number of aliphatic imine (C=N–C) groups is 1. The number of nitrogens with two attached hydrogens (primary N) is 1. The van der Waals surface area contributed by atoms with Gasteiger partial charge in [-0.3, -0.25) is 4.99 Å². The lowest BCUT2D eigenvalue weighted by Gasteiger charge is -2.44. The lowest BCUT2D eigenvalue weighted by molar-refractivity contribution is 0.114. The molecule has 0 aromatic heterocycles. The average Bonchev–Trinajstić information content (AvgIpc) is 2.59. The maximum atomic E-state index is 6.27. The van der Waals surface area contributed by atoms with Crippen LogP contribution in [0.4, 0.5) is 0 Å². The molecular formula is C16H31N3. The lowest BCUT2D eigenvalue weighted by Crippen LogP contribution is -2.56. The van der Waals surface area contributed by atoms with E-state index in [1.165, 1.54) is 64.2 Å². The van der Waals surface area contributed by atoms with Crippen molar-refractivity contribution in [3.8, 4) is 0 Å². The van der Waals surface area contributed by atoms with Gasteiger partial charge in [-0.1, -0.05) is 52.4 Å². The van der Waals surface area contributed by atoms with E-state index in [2.05, 4.69) is 23.7 Å². The van der Waals surface area contributed by atoms with Crippen LogP contribution in [0.2, 0.25) is 0 Å². The Morgan fingerprint density at radius 2 is 1.68 bits per heavy atom. The highest BCUT2D eigenvalue weighted by Crippen LogP contribution is 2.37. The minimum Gasteiger partial charge on any atom is -0.370 e. The Balaban J connectivity index is 2.18. The second-order valence-electron chi connectivity index (χ2n) is 6.41. The summed E-state index contributed by atoms with van der Waals surface area (Å²) >= 11 is 0. The van der Waals surface area contributed by atoms with Gasteiger partial charge >= 0.3 is 0 Å². The summed E-state index contributed by atoms with van der Waals surface area (Å²) in [5.74, 6) is 0.828. The predicted molar refractivity (Wildman–Crippen MR) is 82.4 cm³/mol. The second kappa shape index (κ2) is 6.62. The molecule has 1 saturated carbocycles. The van der Waals surface area contributed by atoms with E-state index >= 15 is 0 Å². The summed E-state index contributed by atoms with van der Waals surface area (Å²) in [5, 5.41) is 0. The zero-order chi connectivity index (χ0) is 13.7. The monoisotopic (exact) mass is 265 g/mol. The van der Waals surface area contributed by atoms with Crippen LogP contribution in [0.1, 0.15) is 78.1 Å². The summed E-state index contributed by atoms with van der Waals surface area (Å²) in [5.41, 5.74) is 6.51. The Kier molecular flexibility index (Phi) is 5.12. The van der Waals surface area contributed by atoms with Gasteiger partial charge in [-0.25, -0.2) is 0 Å². The van der Waals surface area contributed by atoms with Crippen LogP contribution in [0, 0.1) is 0 Å². The highest BCUT2D eigenvalue weighted by Gasteiger charge is 2.43. The van der Waals surface area contributed by atoms with Crippen LogP contribution >= 0.6 is 0 Å². The van der Waals surface area contributed by atoms with Gasteiger partial charge in [0.05, 0.1) is 12.1 Å². The molecule has 3 nitrogen and oxygen atoms in total. The van der Waals surface area contributed by atoms with Crippen molar-refractivity contribution in [1.82, 2.24) is 4.90 Å². The third kappa shape index (κ3) is 3.06. The molecule has 1 heterocycles. The molecule has 2 N–H and O–H groups in total. The molecule has 0 unspecified atom stereocenters. The first kappa shape index (κ1) is 14.7. The maximum absolute atomic E-state index is 6.27. The highest BCUT2D eigenvalue weighted by molar-refractivity contribution is 5.81. The average molecular weight is 265 g/mol. The van der Waals surface area contributed by atoms with E-state index in [9.17, 15) is 0 Å². The molecule has 110 valence electrons. The predicted octanol–water partition coefficient (Wildman–Crippen LogP) is 3.68. The van der Waals surface area contributed by atoms with E-state index in [1.54, 1.807) is 0 Å². The normalized spacial score (nSPS) is 24.3. The zero-order valence-electron chi connectivity index (χ0n) is 12.8. The van der Waals surface area contributed by atoms with Crippen LogP contribution in [0.3, 0.4) is 0 Å². The van der Waals surface area contributed by atoms with Crippen LogP contribution < -0.4 is 5.73 Å². The number of nitrogens with zero attached hydrogens (tertiary/aromatic N) is 2. The fourth-order valence-electron chi connectivity index (χ4n) is 4.17. The van der Waals surface area contributed by atoms with Gasteiger partial charge in [0.15, 0.2) is 5.96 Å². The van der Waals surface area contributed by atoms with Gasteiger partial charge in [0.2, 0.25) is 0 Å². The number of rotatable bonds is 5. The molecule has 0 saturated heterocycles. The fourth-order valence-corrected chi connectivity index (χ4v) is 4.17. The number of hydrogen-bond acceptors (Lipinski definition) is 3. The van der Waals surface area contributed by atoms with Gasteiger partial charge in [-0.2, -0.15) is 0 Å². The molecular weight excluding hydrogens is 234 g/mol. The number of hydrogen-bond donors (Lipinski definition) is 1. The first-order valence-corrected chi connectivity index (χ1v) is 8.33. The van der Waals surface area contributed by atoms with E-state index in [-0.39, 0.29) is 5.54 Å². The molecule has 0 atom stereocenters. The minimum absolute atomic E-state index is 0.239. The van der Waals surface area contributed by atoms with Crippen molar-refractivity contribution in [2.75, 3.05) is 6.54 Å². The van der Waals surface area contributed by atoms with E-state index in [1.807, 2.05) is 0 Å². The van der Waals surface area contributed by atoms with Gasteiger partial charge in [0.25, 0.3) is 0 Å². The van der Waals surface area contributed by atoms with Crippen LogP contribution in [0.15, 0.2) is 4.99 Å². The van der Waals surface area contributed by atoms with Gasteiger partial charge in [0.1, 0.15) is 0 Å². The maximum Gasteiger partial charge on any atom is 0.192 e. The first-order valence-electron chi connectivity index (χ1n) is 8.33. The summed E-state index contributed by atoms with van der Waals surface area (Å²) < 4.78 is 0. The van der Waals surface area contributed by atoms with Crippen LogP contribution in [0.25, 0.3) is 0 Å². The van der Waals surface area contributed by atoms with E-state index in [0.29, 0.717) is 6.04 Å². The highest BCUT2D eigenvalue weighted by atomic mass is 15.4. The molecule has 19 heavy (non-hydrogen) atoms. The first-order chi connectivity index (χ1) is 9.23. The minimum atomic E-state index is 0.239. The van der Waals surface area contributed by atoms with Crippen molar-refractivity contribution < 1.29 is 0 Å². The number of guanidine groups is 1. The largest absolute Gasteiger partial charge is 0.370 e. The van der Waals surface area contributed by atoms with Crippen molar-refractivity contribution in [2.24, 2.45) is 10.7 Å². The van der Waals surface area contributed by atoms with Crippen molar-refractivity contribution in [2.45, 2.75) is 89.6 Å². The van der Waals surface area contributed by atoms with Gasteiger partial charge in [-0.15, -0.1) is 0 Å². The third-order valence-corrected chi connectivity index (χ3v) is 4.91. The zero-order valence-corrected chi connectivity index (χ0v) is 12.8. The fraction of sp³-hybridized carbons (Fsp3) is 0.938. The summed E-state index contributed by atoms with van der Waals surface area (Å²) in [6.07, 6.45) is 13.1. The van der Waals surface area contributed by atoms with Gasteiger partial charge in [0, 0.05) is 6.04 Å². The van der Waals surface area contributed by atoms with Crippen molar-refractivity contribution in [1.29, 1.82) is 0 Å². The van der Waals surface area contributed by atoms with Crippen LogP contribution in [0.5, 0.6) is 0 Å². The summed E-state index contributed by atoms with van der Waals surface area (Å²) in [6.45, 7) is 5.51. The molecule has 0 amide bonds. The van der Waals surface area contributed by atoms with Crippen molar-refractivity contribution >= 4 is 5.96 Å². The Labute approximate surface area is 118 Å². The Bertz CT molecular complexity index is 297. The SMILES string of the molecule is CCCC1(CCC)CN=C(N)N1C1CCCCCC1. The Morgan fingerprint density at radius 3 is 2.21 bits per heavy atom. The van der Waals surface area contributed by atoms with E-state index in [0.717, 1.165) is 12.5 Å². The molecule has 0 bridgehead atoms. The van der Waals surface area contributed by atoms with Crippen molar-refractivity contribution in [3.63, 3.8) is 0 Å². The molecule has 0 radical (unpaired) electrons. The summed E-state index contributed by atoms with van der Waals surface area (Å²) in [6, 6.07) is 0.645.